The lowest BCUT2D eigenvalue weighted by Gasteiger charge is -2.36. The molecule has 0 aliphatic heterocycles. The third-order valence-corrected chi connectivity index (χ3v) is 15.0. The highest BCUT2D eigenvalue weighted by molar-refractivity contribution is 6.27. The fraction of sp³-hybridized carbons (Fsp3) is 0.0154. The minimum Gasteiger partial charge on any atom is -0.456 e. The van der Waals surface area contributed by atoms with Crippen LogP contribution in [0.1, 0.15) is 22.3 Å². The van der Waals surface area contributed by atoms with E-state index in [2.05, 4.69) is 235 Å². The molecule has 0 amide bonds. The molecule has 0 N–H and O–H groups in total. The van der Waals surface area contributed by atoms with Gasteiger partial charge < -0.3 is 9.32 Å². The van der Waals surface area contributed by atoms with Gasteiger partial charge in [-0.05, 0) is 148 Å². The average molecular weight is 850 g/mol. The van der Waals surface area contributed by atoms with Gasteiger partial charge in [0, 0.05) is 33.9 Å². The van der Waals surface area contributed by atoms with E-state index in [0.717, 1.165) is 44.6 Å². The van der Waals surface area contributed by atoms with Gasteiger partial charge in [0.1, 0.15) is 11.2 Å². The standard InChI is InChI=1S/C65H39NO/c1-2-14-40(15-3-1)43-18-13-19-45(36-43)66(47-31-34-52-51-23-8-11-27-60(51)67-61(52)39-47)46-32-35-58-55(38-46)49-21-5-4-20-48(49)50-22-6-9-25-56(50)65(58)57-26-10-7-24-53(57)64-54-33-30-42-17-12-16-41-28-29-44(37-59(64)65)63(54)62(41)42/h1-39H. The summed E-state index contributed by atoms with van der Waals surface area (Å²) in [5.41, 5.74) is 19.4. The van der Waals surface area contributed by atoms with E-state index in [4.69, 9.17) is 4.42 Å². The summed E-state index contributed by atoms with van der Waals surface area (Å²) in [7, 11) is 0. The Balaban J connectivity index is 1.05. The Kier molecular flexibility index (Phi) is 7.46. The first kappa shape index (κ1) is 36.6. The lowest BCUT2D eigenvalue weighted by molar-refractivity contribution is 0.669. The van der Waals surface area contributed by atoms with E-state index in [9.17, 15) is 0 Å². The van der Waals surface area contributed by atoms with Crippen LogP contribution >= 0.6 is 0 Å². The molecule has 2 aliphatic carbocycles. The zero-order chi connectivity index (χ0) is 43.8. The second-order valence-electron chi connectivity index (χ2n) is 18.3. The van der Waals surface area contributed by atoms with Gasteiger partial charge in [0.2, 0.25) is 0 Å². The van der Waals surface area contributed by atoms with E-state index in [1.807, 2.05) is 6.07 Å². The number of fused-ring (bicyclic) bond motifs is 16. The van der Waals surface area contributed by atoms with Crippen LogP contribution in [0.2, 0.25) is 0 Å². The minimum absolute atomic E-state index is 0.634. The largest absolute Gasteiger partial charge is 0.456 e. The summed E-state index contributed by atoms with van der Waals surface area (Å²) in [6.45, 7) is 0. The molecule has 2 heteroatoms. The van der Waals surface area contributed by atoms with Crippen LogP contribution in [-0.2, 0) is 5.41 Å². The maximum atomic E-state index is 6.57. The molecule has 1 unspecified atom stereocenters. The number of hydrogen-bond donors (Lipinski definition) is 0. The van der Waals surface area contributed by atoms with Crippen LogP contribution in [0.15, 0.2) is 241 Å². The van der Waals surface area contributed by atoms with Gasteiger partial charge in [0.15, 0.2) is 0 Å². The number of anilines is 3. The van der Waals surface area contributed by atoms with Crippen LogP contribution < -0.4 is 4.90 Å². The van der Waals surface area contributed by atoms with E-state index in [1.54, 1.807) is 0 Å². The molecule has 15 rings (SSSR count). The fourth-order valence-corrected chi connectivity index (χ4v) is 12.3. The predicted molar refractivity (Wildman–Crippen MR) is 279 cm³/mol. The highest BCUT2D eigenvalue weighted by atomic mass is 16.3. The zero-order valence-corrected chi connectivity index (χ0v) is 36.4. The Morgan fingerprint density at radius 3 is 1.73 bits per heavy atom. The Morgan fingerprint density at radius 2 is 0.881 bits per heavy atom. The van der Waals surface area contributed by atoms with Crippen LogP contribution in [0, 0.1) is 0 Å². The summed E-state index contributed by atoms with van der Waals surface area (Å²) < 4.78 is 6.57. The Labute approximate surface area is 387 Å². The van der Waals surface area contributed by atoms with Gasteiger partial charge in [-0.3, -0.25) is 0 Å². The fourth-order valence-electron chi connectivity index (χ4n) is 12.3. The highest BCUT2D eigenvalue weighted by Crippen LogP contribution is 2.64. The molecule has 1 aromatic heterocycles. The normalized spacial score (nSPS) is 14.6. The molecule has 1 spiro atoms. The summed E-state index contributed by atoms with van der Waals surface area (Å²) in [6, 6.07) is 88.0. The molecule has 310 valence electrons. The highest BCUT2D eigenvalue weighted by Gasteiger charge is 2.50. The molecule has 2 aliphatic rings. The van der Waals surface area contributed by atoms with Gasteiger partial charge in [0.05, 0.1) is 5.41 Å². The van der Waals surface area contributed by atoms with E-state index >= 15 is 0 Å². The molecule has 12 aromatic carbocycles. The van der Waals surface area contributed by atoms with Crippen molar-refractivity contribution in [2.45, 2.75) is 5.41 Å². The molecule has 0 saturated carbocycles. The second kappa shape index (κ2) is 13.7. The Morgan fingerprint density at radius 1 is 0.299 bits per heavy atom. The van der Waals surface area contributed by atoms with Gasteiger partial charge in [-0.2, -0.15) is 0 Å². The van der Waals surface area contributed by atoms with Crippen LogP contribution in [0.25, 0.3) is 98.8 Å². The lowest BCUT2D eigenvalue weighted by Crippen LogP contribution is -2.29. The van der Waals surface area contributed by atoms with Crippen molar-refractivity contribution in [1.82, 2.24) is 0 Å². The van der Waals surface area contributed by atoms with Gasteiger partial charge in [-0.1, -0.05) is 182 Å². The van der Waals surface area contributed by atoms with Crippen molar-refractivity contribution in [3.8, 4) is 44.5 Å². The first-order chi connectivity index (χ1) is 33.2. The Bertz CT molecular complexity index is 4160. The molecular formula is C65H39NO. The van der Waals surface area contributed by atoms with Crippen LogP contribution in [-0.4, -0.2) is 0 Å². The third kappa shape index (κ3) is 4.99. The van der Waals surface area contributed by atoms with Crippen molar-refractivity contribution in [3.05, 3.63) is 259 Å². The molecular weight excluding hydrogens is 811 g/mol. The SMILES string of the molecule is c1ccc(-c2cccc(N(c3ccc4c(c3)-c3ccccc3-c3ccccc3C43c4ccccc4-c4c3cc3ccc5cccc6ccc4c3c56)c3ccc4c(c3)oc3ccccc34)c2)cc1. The summed E-state index contributed by atoms with van der Waals surface area (Å²) in [5.74, 6) is 0. The van der Waals surface area contributed by atoms with E-state index in [-0.39, 0.29) is 0 Å². The van der Waals surface area contributed by atoms with Crippen molar-refractivity contribution < 1.29 is 4.42 Å². The summed E-state index contributed by atoms with van der Waals surface area (Å²) in [6.07, 6.45) is 0. The number of furan rings is 1. The first-order valence-electron chi connectivity index (χ1n) is 23.2. The first-order valence-corrected chi connectivity index (χ1v) is 23.2. The second-order valence-corrected chi connectivity index (χ2v) is 18.3. The van der Waals surface area contributed by atoms with Crippen LogP contribution in [0.4, 0.5) is 17.1 Å². The predicted octanol–water partition coefficient (Wildman–Crippen LogP) is 17.6. The molecule has 67 heavy (non-hydrogen) atoms. The quantitative estimate of drug-likeness (QED) is 0.164. The van der Waals surface area contributed by atoms with Crippen molar-refractivity contribution >= 4 is 71.3 Å². The van der Waals surface area contributed by atoms with E-state index in [1.165, 1.54) is 93.5 Å². The van der Waals surface area contributed by atoms with E-state index in [0.29, 0.717) is 0 Å². The van der Waals surface area contributed by atoms with Gasteiger partial charge in [-0.25, -0.2) is 0 Å². The minimum atomic E-state index is -0.634. The summed E-state index contributed by atoms with van der Waals surface area (Å²) in [4.78, 5) is 2.41. The number of benzene rings is 12. The maximum absolute atomic E-state index is 6.57. The van der Waals surface area contributed by atoms with Crippen LogP contribution in [0.5, 0.6) is 0 Å². The number of hydrogen-bond acceptors (Lipinski definition) is 2. The van der Waals surface area contributed by atoms with E-state index < -0.39 is 5.41 Å². The van der Waals surface area contributed by atoms with Gasteiger partial charge in [0.25, 0.3) is 0 Å². The average Bonchev–Trinajstić information content (AvgIpc) is 3.88. The lowest BCUT2D eigenvalue weighted by atomic mass is 9.65. The number of para-hydroxylation sites is 1. The summed E-state index contributed by atoms with van der Waals surface area (Å²) >= 11 is 0. The summed E-state index contributed by atoms with van der Waals surface area (Å²) in [5, 5.41) is 10.1. The van der Waals surface area contributed by atoms with Crippen molar-refractivity contribution in [3.63, 3.8) is 0 Å². The number of rotatable bonds is 4. The monoisotopic (exact) mass is 849 g/mol. The van der Waals surface area contributed by atoms with Crippen molar-refractivity contribution in [2.75, 3.05) is 4.90 Å². The molecule has 1 heterocycles. The molecule has 0 fully saturated rings. The molecule has 1 atom stereocenters. The molecule has 13 aromatic rings. The molecule has 2 nitrogen and oxygen atoms in total. The third-order valence-electron chi connectivity index (χ3n) is 15.0. The van der Waals surface area contributed by atoms with Crippen LogP contribution in [0.3, 0.4) is 0 Å². The Hall–Kier alpha value is -8.72. The topological polar surface area (TPSA) is 16.4 Å². The molecule has 0 saturated heterocycles. The van der Waals surface area contributed by atoms with Crippen molar-refractivity contribution in [1.29, 1.82) is 0 Å². The van der Waals surface area contributed by atoms with Gasteiger partial charge >= 0.3 is 0 Å². The zero-order valence-electron chi connectivity index (χ0n) is 36.4. The van der Waals surface area contributed by atoms with Crippen molar-refractivity contribution in [2.24, 2.45) is 0 Å². The molecule has 0 radical (unpaired) electrons. The van der Waals surface area contributed by atoms with Gasteiger partial charge in [-0.15, -0.1) is 0 Å². The maximum Gasteiger partial charge on any atom is 0.137 e. The number of nitrogens with zero attached hydrogens (tertiary/aromatic N) is 1. The smallest absolute Gasteiger partial charge is 0.137 e. The molecule has 0 bridgehead atoms.